The molecule has 7 nitrogen and oxygen atoms in total. The smallest absolute Gasteiger partial charge is 0.344 e. The largest absolute Gasteiger partial charge is 0.421 e. The molecule has 2 bridgehead atoms. The van der Waals surface area contributed by atoms with E-state index in [-0.39, 0.29) is 18.2 Å². The van der Waals surface area contributed by atoms with Gasteiger partial charge in [-0.05, 0) is 6.92 Å². The van der Waals surface area contributed by atoms with Crippen LogP contribution < -0.4 is 0 Å². The van der Waals surface area contributed by atoms with Crippen LogP contribution in [0.5, 0.6) is 0 Å². The van der Waals surface area contributed by atoms with Gasteiger partial charge >= 0.3 is 5.97 Å². The Morgan fingerprint density at radius 2 is 2.16 bits per heavy atom. The second-order valence-electron chi connectivity index (χ2n) is 4.32. The van der Waals surface area contributed by atoms with Crippen molar-refractivity contribution >= 4 is 17.7 Å². The van der Waals surface area contributed by atoms with Crippen molar-refractivity contribution in [1.29, 1.82) is 0 Å². The van der Waals surface area contributed by atoms with Gasteiger partial charge < -0.3 is 19.1 Å². The highest BCUT2D eigenvalue weighted by Gasteiger charge is 2.51. The van der Waals surface area contributed by atoms with Crippen LogP contribution in [-0.4, -0.2) is 54.1 Å². The molecule has 2 rings (SSSR count). The predicted molar refractivity (Wildman–Crippen MR) is 61.7 cm³/mol. The monoisotopic (exact) mass is 269 g/mol. The lowest BCUT2D eigenvalue weighted by Crippen LogP contribution is -2.50. The van der Waals surface area contributed by atoms with E-state index in [0.29, 0.717) is 6.54 Å². The fraction of sp³-hybridized carbons (Fsp3) is 0.583. The highest BCUT2D eigenvalue weighted by molar-refractivity contribution is 5.95. The lowest BCUT2D eigenvalue weighted by Gasteiger charge is -2.29. The van der Waals surface area contributed by atoms with Gasteiger partial charge in [0.1, 0.15) is 0 Å². The number of carbonyl (C=O) groups excluding carboxylic acids is 3. The van der Waals surface area contributed by atoms with E-state index in [9.17, 15) is 14.4 Å². The summed E-state index contributed by atoms with van der Waals surface area (Å²) in [5.41, 5.74) is 0. The highest BCUT2D eigenvalue weighted by Crippen LogP contribution is 2.27. The summed E-state index contributed by atoms with van der Waals surface area (Å²) in [6.45, 7) is 7.17. The molecule has 104 valence electrons. The number of fused-ring (bicyclic) bond motifs is 2. The van der Waals surface area contributed by atoms with E-state index in [4.69, 9.17) is 14.2 Å². The van der Waals surface area contributed by atoms with E-state index in [1.165, 1.54) is 6.92 Å². The molecule has 19 heavy (non-hydrogen) atoms. The van der Waals surface area contributed by atoms with E-state index in [2.05, 4.69) is 6.58 Å². The number of nitrogens with zero attached hydrogens (tertiary/aromatic N) is 1. The standard InChI is InChI=1S/C12H15NO6/c1-4-13-5-8-18-9(11(13)15)10(19-8)12(16)17-7(3)6(2)14/h8-10H,3-5H2,1-2H3/t8-,9+,10+/m0/s1. The molecule has 0 radical (unpaired) electrons. The van der Waals surface area contributed by atoms with Crippen LogP contribution in [0, 0.1) is 0 Å². The molecule has 2 aliphatic rings. The van der Waals surface area contributed by atoms with Gasteiger partial charge in [-0.1, -0.05) is 6.58 Å². The Morgan fingerprint density at radius 3 is 2.74 bits per heavy atom. The van der Waals surface area contributed by atoms with Gasteiger partial charge in [-0.15, -0.1) is 0 Å². The SMILES string of the molecule is C=C(OC(=O)[C@@H]1O[C@H]2CN(CC)C(=O)[C@@H]1O2)C(C)=O. The number of hydrogen-bond donors (Lipinski definition) is 0. The lowest BCUT2D eigenvalue weighted by atomic mass is 10.1. The molecule has 0 aromatic rings. The number of esters is 1. The molecule has 0 aromatic carbocycles. The summed E-state index contributed by atoms with van der Waals surface area (Å²) in [5, 5.41) is 0. The molecule has 2 aliphatic heterocycles. The van der Waals surface area contributed by atoms with Gasteiger partial charge in [-0.25, -0.2) is 4.79 Å². The Kier molecular flexibility index (Phi) is 3.68. The van der Waals surface area contributed by atoms with Gasteiger partial charge in [-0.3, -0.25) is 9.59 Å². The maximum absolute atomic E-state index is 12.0. The number of morpholine rings is 1. The number of amides is 1. The zero-order chi connectivity index (χ0) is 14.2. The maximum Gasteiger partial charge on any atom is 0.344 e. The third-order valence-electron chi connectivity index (χ3n) is 3.03. The van der Waals surface area contributed by atoms with Crippen molar-refractivity contribution < 1.29 is 28.6 Å². The third kappa shape index (κ3) is 2.52. The first-order valence-corrected chi connectivity index (χ1v) is 5.95. The van der Waals surface area contributed by atoms with Crippen LogP contribution in [-0.2, 0) is 28.6 Å². The van der Waals surface area contributed by atoms with Crippen molar-refractivity contribution in [1.82, 2.24) is 4.90 Å². The number of allylic oxidation sites excluding steroid dienone is 1. The summed E-state index contributed by atoms with van der Waals surface area (Å²) >= 11 is 0. The van der Waals surface area contributed by atoms with Crippen LogP contribution in [0.25, 0.3) is 0 Å². The van der Waals surface area contributed by atoms with Crippen molar-refractivity contribution in [2.24, 2.45) is 0 Å². The number of likely N-dealkylation sites (N-methyl/N-ethyl adjacent to an activating group) is 1. The van der Waals surface area contributed by atoms with E-state index >= 15 is 0 Å². The van der Waals surface area contributed by atoms with E-state index in [0.717, 1.165) is 0 Å². The number of carbonyl (C=O) groups is 3. The van der Waals surface area contributed by atoms with Crippen LogP contribution in [0.2, 0.25) is 0 Å². The molecule has 0 N–H and O–H groups in total. The van der Waals surface area contributed by atoms with Gasteiger partial charge in [0, 0.05) is 13.5 Å². The van der Waals surface area contributed by atoms with Gasteiger partial charge in [0.05, 0.1) is 6.54 Å². The average molecular weight is 269 g/mol. The normalized spacial score (nSPS) is 29.3. The zero-order valence-electron chi connectivity index (χ0n) is 10.8. The fourth-order valence-electron chi connectivity index (χ4n) is 1.94. The molecule has 0 spiro atoms. The number of Topliss-reactive ketones (excluding diaryl/α,β-unsaturated/α-hetero) is 1. The molecule has 7 heteroatoms. The summed E-state index contributed by atoms with van der Waals surface area (Å²) in [6, 6.07) is 0. The van der Waals surface area contributed by atoms with Crippen molar-refractivity contribution in [3.05, 3.63) is 12.3 Å². The molecule has 2 fully saturated rings. The Morgan fingerprint density at radius 1 is 1.47 bits per heavy atom. The van der Waals surface area contributed by atoms with E-state index in [1.54, 1.807) is 4.90 Å². The molecular weight excluding hydrogens is 254 g/mol. The van der Waals surface area contributed by atoms with Crippen LogP contribution >= 0.6 is 0 Å². The first-order chi connectivity index (χ1) is 8.93. The minimum absolute atomic E-state index is 0.281. The van der Waals surface area contributed by atoms with Crippen LogP contribution in [0.15, 0.2) is 12.3 Å². The third-order valence-corrected chi connectivity index (χ3v) is 3.03. The molecule has 0 aromatic heterocycles. The molecule has 0 aliphatic carbocycles. The first kappa shape index (κ1) is 13.7. The summed E-state index contributed by atoms with van der Waals surface area (Å²) in [7, 11) is 0. The summed E-state index contributed by atoms with van der Waals surface area (Å²) in [6.07, 6.45) is -2.79. The molecule has 2 saturated heterocycles. The molecule has 2 heterocycles. The first-order valence-electron chi connectivity index (χ1n) is 5.95. The van der Waals surface area contributed by atoms with Crippen molar-refractivity contribution in [3.8, 4) is 0 Å². The average Bonchev–Trinajstić information content (AvgIpc) is 2.73. The Bertz CT molecular complexity index is 446. The van der Waals surface area contributed by atoms with Gasteiger partial charge in [-0.2, -0.15) is 0 Å². The second kappa shape index (κ2) is 5.10. The highest BCUT2D eigenvalue weighted by atomic mass is 16.7. The van der Waals surface area contributed by atoms with Gasteiger partial charge in [0.2, 0.25) is 0 Å². The minimum atomic E-state index is -1.15. The van der Waals surface area contributed by atoms with Crippen LogP contribution in [0.1, 0.15) is 13.8 Å². The molecule has 0 unspecified atom stereocenters. The Balaban J connectivity index is 2.06. The van der Waals surface area contributed by atoms with E-state index < -0.39 is 30.3 Å². The maximum atomic E-state index is 12.0. The topological polar surface area (TPSA) is 82.1 Å². The van der Waals surface area contributed by atoms with Crippen LogP contribution in [0.4, 0.5) is 0 Å². The Hall–Kier alpha value is -1.73. The predicted octanol–water partition coefficient (Wildman–Crippen LogP) is -0.396. The van der Waals surface area contributed by atoms with Crippen molar-refractivity contribution in [2.75, 3.05) is 13.1 Å². The van der Waals surface area contributed by atoms with Crippen molar-refractivity contribution in [3.63, 3.8) is 0 Å². The van der Waals surface area contributed by atoms with Gasteiger partial charge in [0.25, 0.3) is 5.91 Å². The fourth-order valence-corrected chi connectivity index (χ4v) is 1.94. The van der Waals surface area contributed by atoms with Gasteiger partial charge in [0.15, 0.2) is 30.0 Å². The number of ether oxygens (including phenoxy) is 3. The minimum Gasteiger partial charge on any atom is -0.421 e. The zero-order valence-corrected chi connectivity index (χ0v) is 10.8. The summed E-state index contributed by atoms with van der Waals surface area (Å²) in [5.74, 6) is -1.89. The molecule has 1 amide bonds. The molecule has 0 saturated carbocycles. The number of ketones is 1. The Labute approximate surface area is 110 Å². The summed E-state index contributed by atoms with van der Waals surface area (Å²) < 4.78 is 15.4. The molecule has 3 atom stereocenters. The van der Waals surface area contributed by atoms with E-state index in [1.807, 2.05) is 6.92 Å². The number of hydrogen-bond acceptors (Lipinski definition) is 6. The second-order valence-corrected chi connectivity index (χ2v) is 4.32. The number of rotatable bonds is 4. The quantitative estimate of drug-likeness (QED) is 0.392. The molecular formula is C12H15NO6. The van der Waals surface area contributed by atoms with Crippen LogP contribution in [0.3, 0.4) is 0 Å². The van der Waals surface area contributed by atoms with Crippen molar-refractivity contribution in [2.45, 2.75) is 32.3 Å². The summed E-state index contributed by atoms with van der Waals surface area (Å²) in [4.78, 5) is 36.3. The lowest BCUT2D eigenvalue weighted by molar-refractivity contribution is -0.161.